The molecule has 0 amide bonds. The lowest BCUT2D eigenvalue weighted by Gasteiger charge is -2.34. The zero-order valence-electron chi connectivity index (χ0n) is 11.4. The maximum absolute atomic E-state index is 6.58. The smallest absolute Gasteiger partial charge is 0.0386 e. The summed E-state index contributed by atoms with van der Waals surface area (Å²) in [5.41, 5.74) is 14.8. The number of hydrogen-bond acceptors (Lipinski definition) is 2. The lowest BCUT2D eigenvalue weighted by atomic mass is 9.80. The summed E-state index contributed by atoms with van der Waals surface area (Å²) in [6, 6.07) is 20.6. The molecule has 19 heavy (non-hydrogen) atoms. The van der Waals surface area contributed by atoms with Crippen LogP contribution in [0.25, 0.3) is 0 Å². The predicted molar refractivity (Wildman–Crippen MR) is 80.9 cm³/mol. The first kappa shape index (κ1) is 13.8. The Morgan fingerprint density at radius 2 is 1.21 bits per heavy atom. The van der Waals surface area contributed by atoms with Crippen molar-refractivity contribution in [3.8, 4) is 0 Å². The molecule has 0 unspecified atom stereocenters. The summed E-state index contributed by atoms with van der Waals surface area (Å²) in [5.74, 6) is 0. The van der Waals surface area contributed by atoms with Crippen LogP contribution in [0.5, 0.6) is 0 Å². The van der Waals surface area contributed by atoms with Crippen molar-refractivity contribution in [1.29, 1.82) is 0 Å². The van der Waals surface area contributed by atoms with E-state index in [4.69, 9.17) is 11.5 Å². The van der Waals surface area contributed by atoms with Crippen molar-refractivity contribution in [2.45, 2.75) is 31.3 Å². The fourth-order valence-electron chi connectivity index (χ4n) is 2.34. The van der Waals surface area contributed by atoms with Gasteiger partial charge < -0.3 is 11.5 Å². The van der Waals surface area contributed by atoms with E-state index in [1.807, 2.05) is 43.3 Å². The monoisotopic (exact) mass is 254 g/mol. The van der Waals surface area contributed by atoms with Crippen molar-refractivity contribution in [3.05, 3.63) is 71.8 Å². The predicted octanol–water partition coefficient (Wildman–Crippen LogP) is 2.52. The molecule has 100 valence electrons. The molecule has 1 atom stereocenters. The van der Waals surface area contributed by atoms with Gasteiger partial charge in [0.05, 0.1) is 0 Å². The minimum absolute atomic E-state index is 0.0621. The molecule has 2 heteroatoms. The van der Waals surface area contributed by atoms with Crippen molar-refractivity contribution in [1.82, 2.24) is 0 Å². The highest BCUT2D eigenvalue weighted by atomic mass is 14.8. The van der Waals surface area contributed by atoms with Crippen LogP contribution >= 0.6 is 0 Å². The van der Waals surface area contributed by atoms with Gasteiger partial charge in [0.25, 0.3) is 0 Å². The molecule has 2 rings (SSSR count). The van der Waals surface area contributed by atoms with Crippen LogP contribution in [0, 0.1) is 0 Å². The molecule has 4 N–H and O–H groups in total. The Labute approximate surface area is 115 Å². The van der Waals surface area contributed by atoms with Gasteiger partial charge in [-0.05, 0) is 30.9 Å². The summed E-state index contributed by atoms with van der Waals surface area (Å²) in [6.07, 6.45) is 1.58. The summed E-state index contributed by atoms with van der Waals surface area (Å²) in [6.45, 7) is 1.99. The molecule has 0 aliphatic rings. The molecule has 2 aromatic rings. The first-order valence-corrected chi connectivity index (χ1v) is 6.72. The van der Waals surface area contributed by atoms with Crippen LogP contribution in [0.2, 0.25) is 0 Å². The first-order chi connectivity index (χ1) is 9.10. The van der Waals surface area contributed by atoms with Crippen LogP contribution < -0.4 is 11.5 Å². The number of rotatable bonds is 5. The van der Waals surface area contributed by atoms with Crippen molar-refractivity contribution >= 4 is 0 Å². The second-order valence-corrected chi connectivity index (χ2v) is 5.35. The normalized spacial score (nSPS) is 13.2. The number of hydrogen-bond donors (Lipinski definition) is 2. The lowest BCUT2D eigenvalue weighted by molar-refractivity contribution is 0.354. The van der Waals surface area contributed by atoms with Gasteiger partial charge in [-0.2, -0.15) is 0 Å². The minimum atomic E-state index is -0.414. The molecule has 0 aliphatic heterocycles. The van der Waals surface area contributed by atoms with Crippen molar-refractivity contribution in [3.63, 3.8) is 0 Å². The zero-order valence-corrected chi connectivity index (χ0v) is 11.4. The van der Waals surface area contributed by atoms with Gasteiger partial charge in [-0.25, -0.2) is 0 Å². The van der Waals surface area contributed by atoms with E-state index < -0.39 is 5.54 Å². The summed E-state index contributed by atoms with van der Waals surface area (Å²) < 4.78 is 0. The van der Waals surface area contributed by atoms with E-state index in [2.05, 4.69) is 24.3 Å². The van der Waals surface area contributed by atoms with Crippen molar-refractivity contribution < 1.29 is 0 Å². The molecule has 2 nitrogen and oxygen atoms in total. The Bertz CT molecular complexity index is 450. The Hall–Kier alpha value is -1.64. The fraction of sp³-hybridized carbons (Fsp3) is 0.294. The lowest BCUT2D eigenvalue weighted by Crippen LogP contribution is -2.57. The third-order valence-electron chi connectivity index (χ3n) is 3.66. The average Bonchev–Trinajstić information content (AvgIpc) is 2.40. The van der Waals surface area contributed by atoms with E-state index >= 15 is 0 Å². The van der Waals surface area contributed by atoms with Gasteiger partial charge in [-0.1, -0.05) is 60.7 Å². The topological polar surface area (TPSA) is 52.0 Å². The van der Waals surface area contributed by atoms with Crippen LogP contribution in [0.1, 0.15) is 18.1 Å². The molecule has 0 spiro atoms. The van der Waals surface area contributed by atoms with Gasteiger partial charge in [-0.3, -0.25) is 0 Å². The first-order valence-electron chi connectivity index (χ1n) is 6.72. The maximum Gasteiger partial charge on any atom is 0.0386 e. The van der Waals surface area contributed by atoms with Gasteiger partial charge in [0.2, 0.25) is 0 Å². The SMILES string of the molecule is C[C@H](N)C(N)(Cc1ccccc1)Cc1ccccc1. The number of benzene rings is 2. The van der Waals surface area contributed by atoms with Crippen LogP contribution in [-0.2, 0) is 12.8 Å². The number of nitrogens with two attached hydrogens (primary N) is 2. The molecular formula is C17H22N2. The Balaban J connectivity index is 2.18. The van der Waals surface area contributed by atoms with Crippen LogP contribution in [0.15, 0.2) is 60.7 Å². The van der Waals surface area contributed by atoms with Gasteiger partial charge in [0.1, 0.15) is 0 Å². The minimum Gasteiger partial charge on any atom is -0.326 e. The van der Waals surface area contributed by atoms with E-state index in [0.29, 0.717) is 0 Å². The zero-order chi connectivity index (χ0) is 13.7. The third-order valence-corrected chi connectivity index (χ3v) is 3.66. The second-order valence-electron chi connectivity index (χ2n) is 5.35. The molecule has 0 aliphatic carbocycles. The maximum atomic E-state index is 6.58. The van der Waals surface area contributed by atoms with Crippen molar-refractivity contribution in [2.75, 3.05) is 0 Å². The Morgan fingerprint density at radius 1 is 0.842 bits per heavy atom. The van der Waals surface area contributed by atoms with E-state index in [1.54, 1.807) is 0 Å². The summed E-state index contributed by atoms with van der Waals surface area (Å²) in [5, 5.41) is 0. The molecule has 0 fully saturated rings. The molecule has 2 aromatic carbocycles. The van der Waals surface area contributed by atoms with Crippen LogP contribution in [0.4, 0.5) is 0 Å². The molecule has 0 aromatic heterocycles. The average molecular weight is 254 g/mol. The summed E-state index contributed by atoms with van der Waals surface area (Å²) in [7, 11) is 0. The quantitative estimate of drug-likeness (QED) is 0.861. The van der Waals surface area contributed by atoms with Gasteiger partial charge >= 0.3 is 0 Å². The molecule has 0 saturated heterocycles. The van der Waals surface area contributed by atoms with Gasteiger partial charge in [-0.15, -0.1) is 0 Å². The Kier molecular flexibility index (Phi) is 4.35. The molecule has 0 heterocycles. The van der Waals surface area contributed by atoms with Gasteiger partial charge in [0, 0.05) is 11.6 Å². The second kappa shape index (κ2) is 6.00. The van der Waals surface area contributed by atoms with E-state index in [1.165, 1.54) is 11.1 Å². The highest BCUT2D eigenvalue weighted by Gasteiger charge is 2.30. The molecular weight excluding hydrogens is 232 g/mol. The summed E-state index contributed by atoms with van der Waals surface area (Å²) >= 11 is 0. The van der Waals surface area contributed by atoms with E-state index in [-0.39, 0.29) is 6.04 Å². The third kappa shape index (κ3) is 3.66. The molecule has 0 bridgehead atoms. The summed E-state index contributed by atoms with van der Waals surface area (Å²) in [4.78, 5) is 0. The highest BCUT2D eigenvalue weighted by Crippen LogP contribution is 2.19. The van der Waals surface area contributed by atoms with Crippen molar-refractivity contribution in [2.24, 2.45) is 11.5 Å². The molecule has 0 saturated carbocycles. The Morgan fingerprint density at radius 3 is 1.53 bits per heavy atom. The fourth-order valence-corrected chi connectivity index (χ4v) is 2.34. The van der Waals surface area contributed by atoms with E-state index in [0.717, 1.165) is 12.8 Å². The van der Waals surface area contributed by atoms with E-state index in [9.17, 15) is 0 Å². The molecule has 0 radical (unpaired) electrons. The van der Waals surface area contributed by atoms with Crippen LogP contribution in [0.3, 0.4) is 0 Å². The van der Waals surface area contributed by atoms with Crippen LogP contribution in [-0.4, -0.2) is 11.6 Å². The largest absolute Gasteiger partial charge is 0.326 e. The van der Waals surface area contributed by atoms with Gasteiger partial charge in [0.15, 0.2) is 0 Å². The standard InChI is InChI=1S/C17H22N2/c1-14(18)17(19,12-15-8-4-2-5-9-15)13-16-10-6-3-7-11-16/h2-11,14H,12-13,18-19H2,1H3/t14-/m0/s1. The highest BCUT2D eigenvalue weighted by molar-refractivity contribution is 5.23.